The molecule has 2 N–H and O–H groups in total. The highest BCUT2D eigenvalue weighted by molar-refractivity contribution is 6.27. The normalized spacial score (nSPS) is 11.9. The lowest BCUT2D eigenvalue weighted by Crippen LogP contribution is -1.95. The molecule has 0 unspecified atom stereocenters. The number of fused-ring (bicyclic) bond motifs is 4. The molecule has 12 nitrogen and oxygen atoms in total. The number of hydrogen-bond acceptors (Lipinski definition) is 10. The lowest BCUT2D eigenvalue weighted by Gasteiger charge is -2.17. The first kappa shape index (κ1) is 68.8. The SMILES string of the molecule is COc1ccc(OC)c2cc3c(cc12)-c1nc-3c(-c2c(C)cc(C)cc2C)c2[nH]c(c(-c3c(C)cc(C)cc3C)c3nc(c(-c4c(C)cc(C)cc4C)c4[nH]c(c1-c1c(C)cc(C)cc1C)c1cc5c(OC)ccc(OC)c5cc41)-c1cc4c(OC)ccc(OC)c4cc1-3)c1cc3c(OC)ccc(OC)c3cc21. The van der Waals surface area contributed by atoms with E-state index in [2.05, 4.69) is 190 Å². The van der Waals surface area contributed by atoms with Crippen molar-refractivity contribution in [2.75, 3.05) is 56.9 Å². The van der Waals surface area contributed by atoms with Crippen LogP contribution in [0.2, 0.25) is 0 Å². The van der Waals surface area contributed by atoms with Crippen molar-refractivity contribution in [2.45, 2.75) is 83.1 Å². The number of ether oxygens (including phenoxy) is 8. The number of hydrogen-bond donors (Lipinski definition) is 2. The summed E-state index contributed by atoms with van der Waals surface area (Å²) >= 11 is 0. The molecule has 2 aliphatic heterocycles. The van der Waals surface area contributed by atoms with Crippen molar-refractivity contribution in [3.8, 4) is 136 Å². The fourth-order valence-corrected chi connectivity index (χ4v) is 18.7. The van der Waals surface area contributed by atoms with Gasteiger partial charge in [0.1, 0.15) is 46.0 Å². The van der Waals surface area contributed by atoms with Crippen LogP contribution in [-0.2, 0) is 0 Å². The molecule has 12 aromatic carbocycles. The van der Waals surface area contributed by atoms with E-state index in [1.165, 1.54) is 0 Å². The monoisotopic (exact) mass is 1420 g/mol. The molecular weight excluding hydrogens is 1340 g/mol. The highest BCUT2D eigenvalue weighted by atomic mass is 16.5. The van der Waals surface area contributed by atoms with Crippen molar-refractivity contribution < 1.29 is 37.9 Å². The van der Waals surface area contributed by atoms with Gasteiger partial charge in [-0.1, -0.05) is 70.8 Å². The second kappa shape index (κ2) is 25.8. The van der Waals surface area contributed by atoms with Gasteiger partial charge in [-0.15, -0.1) is 0 Å². The summed E-state index contributed by atoms with van der Waals surface area (Å²) in [7, 11) is 13.9. The summed E-state index contributed by atoms with van der Waals surface area (Å²) in [4.78, 5) is 22.0. The van der Waals surface area contributed by atoms with Crippen LogP contribution in [0.4, 0.5) is 0 Å². The van der Waals surface area contributed by atoms with Gasteiger partial charge in [-0.3, -0.25) is 0 Å². The molecule has 0 spiro atoms. The van der Waals surface area contributed by atoms with Crippen LogP contribution in [0.1, 0.15) is 66.8 Å². The number of rotatable bonds is 12. The molecule has 12 heteroatoms. The van der Waals surface area contributed by atoms with Crippen molar-refractivity contribution in [3.05, 3.63) is 212 Å². The highest BCUT2D eigenvalue weighted by Gasteiger charge is 2.35. The first-order chi connectivity index (χ1) is 52.1. The first-order valence-electron chi connectivity index (χ1n) is 36.7. The average Bonchev–Trinajstić information content (AvgIpc) is 1.54. The molecule has 14 aromatic rings. The zero-order valence-corrected chi connectivity index (χ0v) is 65.0. The van der Waals surface area contributed by atoms with Crippen LogP contribution in [0, 0.1) is 83.1 Å². The van der Waals surface area contributed by atoms with Crippen LogP contribution in [-0.4, -0.2) is 76.8 Å². The van der Waals surface area contributed by atoms with Crippen LogP contribution >= 0.6 is 0 Å². The number of benzene rings is 12. The van der Waals surface area contributed by atoms with E-state index >= 15 is 0 Å². The zero-order chi connectivity index (χ0) is 75.5. The maximum absolute atomic E-state index is 6.52. The number of nitrogens with zero attached hydrogens (tertiary/aromatic N) is 2. The predicted octanol–water partition coefficient (Wildman–Crippen LogP) is 24.3. The molecule has 2 aromatic heterocycles. The van der Waals surface area contributed by atoms with Gasteiger partial charge in [0.2, 0.25) is 0 Å². The van der Waals surface area contributed by atoms with Gasteiger partial charge < -0.3 is 47.9 Å². The van der Waals surface area contributed by atoms with Gasteiger partial charge >= 0.3 is 0 Å². The summed E-state index contributed by atoms with van der Waals surface area (Å²) in [5.74, 6) is 5.57. The summed E-state index contributed by atoms with van der Waals surface area (Å²) < 4.78 is 51.3. The minimum atomic E-state index is 0.695. The van der Waals surface area contributed by atoms with E-state index in [0.717, 1.165) is 243 Å². The van der Waals surface area contributed by atoms with E-state index in [9.17, 15) is 0 Å². The van der Waals surface area contributed by atoms with E-state index in [1.54, 1.807) is 56.9 Å². The van der Waals surface area contributed by atoms with Gasteiger partial charge in [-0.2, -0.15) is 0 Å². The summed E-state index contributed by atoms with van der Waals surface area (Å²) in [6.07, 6.45) is 0. The molecule has 0 atom stereocenters. The topological polar surface area (TPSA) is 131 Å². The predicted molar refractivity (Wildman–Crippen MR) is 446 cm³/mol. The van der Waals surface area contributed by atoms with E-state index < -0.39 is 0 Å². The molecule has 0 fully saturated rings. The molecule has 538 valence electrons. The lowest BCUT2D eigenvalue weighted by molar-refractivity contribution is 0.410. The molecule has 1 aliphatic carbocycles. The number of aromatic amines is 2. The zero-order valence-electron chi connectivity index (χ0n) is 65.0. The number of H-pyrrole nitrogens is 2. The third-order valence-electron chi connectivity index (χ3n) is 22.8. The van der Waals surface area contributed by atoms with Gasteiger partial charge in [0, 0.05) is 109 Å². The molecule has 108 heavy (non-hydrogen) atoms. The minimum Gasteiger partial charge on any atom is -0.496 e. The number of aromatic nitrogens is 4. The maximum atomic E-state index is 6.52. The fraction of sp³-hybridized carbons (Fsp3) is 0.208. The number of methoxy groups -OCH3 is 8. The molecule has 3 aliphatic rings. The number of nitrogens with one attached hydrogen (secondary N) is 2. The lowest BCUT2D eigenvalue weighted by atomic mass is 9.86. The standard InChI is InChI=1S/C96H86N4O8/c1-45-29-49(5)81(50(6)30-45)85-89-65-37-57-59(75(103-15)23-21-73(57)101-13)39-67(65)91(97-89)86(82-51(7)31-46(2)32-52(82)8)93-69-41-61-63(79(107-19)27-25-77(61)105-17)43-71(69)95(99-93)88(84-55(11)35-48(4)36-56(84)12)96-72-44-64-62(78(106-18)26-28-80(64)108-20)42-70(72)94(100-96)87(83-53(9)33-47(3)34-54(83)10)92-68-40-60-58(38-66(68)90(85)98-92)74(102-14)22-24-76(60)104-16/h21-44,97,100H,1-20H3. The Kier molecular flexibility index (Phi) is 16.4. The third kappa shape index (κ3) is 10.3. The Bertz CT molecular complexity index is 5810. The van der Waals surface area contributed by atoms with E-state index in [-0.39, 0.29) is 0 Å². The Morgan fingerprint density at radius 1 is 0.194 bits per heavy atom. The van der Waals surface area contributed by atoms with Crippen molar-refractivity contribution >= 4 is 86.7 Å². The molecule has 17 rings (SSSR count). The molecular formula is C96H86N4O8. The van der Waals surface area contributed by atoms with E-state index in [1.807, 2.05) is 48.5 Å². The quantitative estimate of drug-likeness (QED) is 0.122. The van der Waals surface area contributed by atoms with Crippen LogP contribution in [0.15, 0.2) is 146 Å². The van der Waals surface area contributed by atoms with Crippen molar-refractivity contribution in [1.29, 1.82) is 0 Å². The Hall–Kier alpha value is -12.3. The fourth-order valence-electron chi connectivity index (χ4n) is 18.7. The van der Waals surface area contributed by atoms with Gasteiger partial charge in [-0.25, -0.2) is 9.97 Å². The van der Waals surface area contributed by atoms with Crippen LogP contribution in [0.3, 0.4) is 0 Å². The molecule has 0 radical (unpaired) electrons. The summed E-state index contributed by atoms with van der Waals surface area (Å²) in [5, 5.41) is 10.7. The second-order valence-corrected chi connectivity index (χ2v) is 29.6. The Labute approximate surface area is 628 Å². The van der Waals surface area contributed by atoms with Crippen molar-refractivity contribution in [3.63, 3.8) is 0 Å². The van der Waals surface area contributed by atoms with Crippen LogP contribution in [0.5, 0.6) is 46.0 Å². The molecule has 8 bridgehead atoms. The summed E-state index contributed by atoms with van der Waals surface area (Å²) in [6.45, 7) is 26.6. The number of aryl methyl sites for hydroxylation is 12. The molecule has 0 saturated heterocycles. The van der Waals surface area contributed by atoms with Gasteiger partial charge in [0.05, 0.1) is 102 Å². The van der Waals surface area contributed by atoms with Crippen LogP contribution < -0.4 is 37.9 Å². The highest BCUT2D eigenvalue weighted by Crippen LogP contribution is 2.58. The van der Waals surface area contributed by atoms with Crippen molar-refractivity contribution in [2.24, 2.45) is 0 Å². The third-order valence-corrected chi connectivity index (χ3v) is 22.8. The first-order valence-corrected chi connectivity index (χ1v) is 36.7. The van der Waals surface area contributed by atoms with E-state index in [4.69, 9.17) is 47.9 Å². The molecule has 0 saturated carbocycles. The van der Waals surface area contributed by atoms with E-state index in [0.29, 0.717) is 46.0 Å². The maximum Gasteiger partial charge on any atom is 0.126 e. The Morgan fingerprint density at radius 3 is 0.509 bits per heavy atom. The van der Waals surface area contributed by atoms with Crippen molar-refractivity contribution in [1.82, 2.24) is 19.9 Å². The van der Waals surface area contributed by atoms with Gasteiger partial charge in [-0.05, 0) is 247 Å². The Morgan fingerprint density at radius 2 is 0.352 bits per heavy atom. The second-order valence-electron chi connectivity index (χ2n) is 29.6. The molecule has 4 heterocycles. The van der Waals surface area contributed by atoms with Gasteiger partial charge in [0.15, 0.2) is 0 Å². The Balaban J connectivity index is 1.31. The largest absolute Gasteiger partial charge is 0.496 e. The summed E-state index contributed by atoms with van der Waals surface area (Å²) in [5.41, 5.74) is 30.8. The smallest absolute Gasteiger partial charge is 0.126 e. The minimum absolute atomic E-state index is 0.695. The van der Waals surface area contributed by atoms with Crippen LogP contribution in [0.25, 0.3) is 176 Å². The van der Waals surface area contributed by atoms with Gasteiger partial charge in [0.25, 0.3) is 0 Å². The summed E-state index contributed by atoms with van der Waals surface area (Å²) in [6, 6.07) is 52.7. The average molecular weight is 1420 g/mol. The molecule has 0 amide bonds.